The fourth-order valence-electron chi connectivity index (χ4n) is 2.14. The third-order valence-corrected chi connectivity index (χ3v) is 3.17. The Morgan fingerprint density at radius 1 is 1.21 bits per heavy atom. The van der Waals surface area contributed by atoms with E-state index in [2.05, 4.69) is 9.97 Å². The number of aliphatic carboxylic acids is 1. The summed E-state index contributed by atoms with van der Waals surface area (Å²) in [4.78, 5) is 19.0. The summed E-state index contributed by atoms with van der Waals surface area (Å²) in [6.07, 6.45) is -4.78. The molecule has 0 spiro atoms. The van der Waals surface area contributed by atoms with Gasteiger partial charge in [-0.15, -0.1) is 0 Å². The molecule has 0 unspecified atom stereocenters. The van der Waals surface area contributed by atoms with Crippen LogP contribution in [0.15, 0.2) is 12.1 Å². The normalized spacial score (nSPS) is 11.4. The molecular formula is C14H14F3N3O4. The second kappa shape index (κ2) is 6.38. The molecule has 1 aromatic heterocycles. The molecule has 1 heterocycles. The van der Waals surface area contributed by atoms with Crippen molar-refractivity contribution in [2.75, 3.05) is 32.7 Å². The highest BCUT2D eigenvalue weighted by molar-refractivity contribution is 5.93. The van der Waals surface area contributed by atoms with Crippen molar-refractivity contribution >= 4 is 22.7 Å². The molecule has 1 N–H and O–H groups in total. The van der Waals surface area contributed by atoms with Crippen molar-refractivity contribution in [2.24, 2.45) is 0 Å². The van der Waals surface area contributed by atoms with Crippen LogP contribution in [-0.4, -0.2) is 48.9 Å². The Bertz CT molecular complexity index is 780. The van der Waals surface area contributed by atoms with Gasteiger partial charge in [0.25, 0.3) is 0 Å². The second-order valence-electron chi connectivity index (χ2n) is 4.84. The number of hydrogen-bond donors (Lipinski definition) is 1. The maximum atomic E-state index is 13.0. The van der Waals surface area contributed by atoms with Crippen LogP contribution in [0.2, 0.25) is 0 Å². The monoisotopic (exact) mass is 345 g/mol. The van der Waals surface area contributed by atoms with Crippen LogP contribution in [0.1, 0.15) is 5.82 Å². The van der Waals surface area contributed by atoms with Gasteiger partial charge in [0, 0.05) is 18.5 Å². The van der Waals surface area contributed by atoms with Gasteiger partial charge in [-0.1, -0.05) is 0 Å². The Labute approximate surface area is 134 Å². The van der Waals surface area contributed by atoms with E-state index in [1.54, 1.807) is 0 Å². The highest BCUT2D eigenvalue weighted by Crippen LogP contribution is 2.37. The number of halogens is 3. The van der Waals surface area contributed by atoms with E-state index in [0.717, 1.165) is 4.90 Å². The minimum Gasteiger partial charge on any atom is -0.493 e. The third-order valence-electron chi connectivity index (χ3n) is 3.17. The van der Waals surface area contributed by atoms with Crippen molar-refractivity contribution < 1.29 is 32.5 Å². The largest absolute Gasteiger partial charge is 0.493 e. The summed E-state index contributed by atoms with van der Waals surface area (Å²) in [6.45, 7) is -0.530. The van der Waals surface area contributed by atoms with Crippen molar-refractivity contribution in [1.82, 2.24) is 9.97 Å². The molecule has 7 nitrogen and oxygen atoms in total. The Morgan fingerprint density at radius 2 is 1.79 bits per heavy atom. The van der Waals surface area contributed by atoms with Crippen molar-refractivity contribution in [3.05, 3.63) is 18.0 Å². The Hall–Kier alpha value is -2.78. The van der Waals surface area contributed by atoms with Crippen LogP contribution in [0.25, 0.3) is 10.9 Å². The van der Waals surface area contributed by atoms with Crippen LogP contribution in [0.5, 0.6) is 11.5 Å². The van der Waals surface area contributed by atoms with Gasteiger partial charge in [0.2, 0.25) is 5.82 Å². The van der Waals surface area contributed by atoms with Gasteiger partial charge in [-0.3, -0.25) is 4.79 Å². The van der Waals surface area contributed by atoms with Gasteiger partial charge >= 0.3 is 12.1 Å². The molecule has 0 aliphatic heterocycles. The van der Waals surface area contributed by atoms with Crippen LogP contribution < -0.4 is 14.4 Å². The number of hydrogen-bond acceptors (Lipinski definition) is 6. The summed E-state index contributed by atoms with van der Waals surface area (Å²) in [5, 5.41) is 9.09. The van der Waals surface area contributed by atoms with E-state index in [0.29, 0.717) is 0 Å². The van der Waals surface area contributed by atoms with Crippen LogP contribution in [0.3, 0.4) is 0 Å². The molecule has 0 aliphatic carbocycles. The lowest BCUT2D eigenvalue weighted by Gasteiger charge is -2.20. The highest BCUT2D eigenvalue weighted by Gasteiger charge is 2.36. The minimum absolute atomic E-state index is 0.0396. The van der Waals surface area contributed by atoms with E-state index in [-0.39, 0.29) is 28.2 Å². The van der Waals surface area contributed by atoms with E-state index in [9.17, 15) is 18.0 Å². The molecule has 0 saturated carbocycles. The molecule has 0 bridgehead atoms. The number of carbonyl (C=O) groups is 1. The van der Waals surface area contributed by atoms with Crippen LogP contribution >= 0.6 is 0 Å². The molecule has 2 aromatic rings. The number of fused-ring (bicyclic) bond motifs is 1. The predicted molar refractivity (Wildman–Crippen MR) is 78.5 cm³/mol. The van der Waals surface area contributed by atoms with Crippen molar-refractivity contribution in [2.45, 2.75) is 6.18 Å². The third kappa shape index (κ3) is 3.42. The number of aromatic nitrogens is 2. The minimum atomic E-state index is -4.78. The summed E-state index contributed by atoms with van der Waals surface area (Å²) in [6, 6.07) is 2.69. The lowest BCUT2D eigenvalue weighted by atomic mass is 10.2. The summed E-state index contributed by atoms with van der Waals surface area (Å²) in [5.41, 5.74) is -0.0396. The first-order valence-electron chi connectivity index (χ1n) is 6.61. The van der Waals surface area contributed by atoms with Crippen molar-refractivity contribution in [3.8, 4) is 11.5 Å². The topological polar surface area (TPSA) is 84.8 Å². The maximum absolute atomic E-state index is 13.0. The van der Waals surface area contributed by atoms with Gasteiger partial charge in [-0.05, 0) is 6.07 Å². The quantitative estimate of drug-likeness (QED) is 0.889. The lowest BCUT2D eigenvalue weighted by Crippen LogP contribution is -2.27. The van der Waals surface area contributed by atoms with Gasteiger partial charge in [0.05, 0.1) is 19.7 Å². The number of likely N-dealkylation sites (N-methyl/N-ethyl adjacent to an activating group) is 1. The molecule has 1 aromatic carbocycles. The summed E-state index contributed by atoms with van der Waals surface area (Å²) in [7, 11) is 4.04. The van der Waals surface area contributed by atoms with E-state index in [4.69, 9.17) is 14.6 Å². The summed E-state index contributed by atoms with van der Waals surface area (Å²) < 4.78 is 49.3. The molecule has 0 atom stereocenters. The molecular weight excluding hydrogens is 331 g/mol. The number of rotatable bonds is 5. The first kappa shape index (κ1) is 17.6. The summed E-state index contributed by atoms with van der Waals surface area (Å²) >= 11 is 0. The Morgan fingerprint density at radius 3 is 2.29 bits per heavy atom. The van der Waals surface area contributed by atoms with E-state index in [1.165, 1.54) is 33.4 Å². The van der Waals surface area contributed by atoms with Gasteiger partial charge in [-0.2, -0.15) is 13.2 Å². The Balaban J connectivity index is 2.77. The zero-order chi connectivity index (χ0) is 18.1. The number of alkyl halides is 3. The average molecular weight is 345 g/mol. The number of anilines is 1. The predicted octanol–water partition coefficient (Wildman–Crippen LogP) is 2.19. The number of carboxylic acids is 1. The van der Waals surface area contributed by atoms with Crippen LogP contribution in [0.4, 0.5) is 19.0 Å². The van der Waals surface area contributed by atoms with Gasteiger partial charge in [0.15, 0.2) is 11.5 Å². The smallest absolute Gasteiger partial charge is 0.451 e. The van der Waals surface area contributed by atoms with Crippen LogP contribution in [0, 0.1) is 0 Å². The number of benzene rings is 1. The van der Waals surface area contributed by atoms with Crippen molar-refractivity contribution in [3.63, 3.8) is 0 Å². The molecule has 0 radical (unpaired) electrons. The molecule has 10 heteroatoms. The standard InChI is InChI=1S/C14H14F3N3O4/c1-20(6-11(21)22)12-7-4-9(23-2)10(24-3)5-8(7)18-13(19-12)14(15,16)17/h4-5H,6H2,1-3H3,(H,21,22). The fourth-order valence-corrected chi connectivity index (χ4v) is 2.14. The summed E-state index contributed by atoms with van der Waals surface area (Å²) in [5.74, 6) is -2.29. The molecule has 130 valence electrons. The highest BCUT2D eigenvalue weighted by atomic mass is 19.4. The van der Waals surface area contributed by atoms with Crippen LogP contribution in [-0.2, 0) is 11.0 Å². The zero-order valence-corrected chi connectivity index (χ0v) is 13.0. The average Bonchev–Trinajstić information content (AvgIpc) is 2.50. The molecule has 0 fully saturated rings. The molecule has 0 aliphatic rings. The SMILES string of the molecule is COc1cc2nc(C(F)(F)F)nc(N(C)CC(=O)O)c2cc1OC. The van der Waals surface area contributed by atoms with Crippen molar-refractivity contribution in [1.29, 1.82) is 0 Å². The number of nitrogens with zero attached hydrogens (tertiary/aromatic N) is 3. The number of carboxylic acid groups (broad SMARTS) is 1. The molecule has 24 heavy (non-hydrogen) atoms. The maximum Gasteiger partial charge on any atom is 0.451 e. The number of ether oxygens (including phenoxy) is 2. The first-order chi connectivity index (χ1) is 11.2. The molecule has 2 rings (SSSR count). The van der Waals surface area contributed by atoms with E-state index < -0.39 is 24.5 Å². The van der Waals surface area contributed by atoms with E-state index in [1.807, 2.05) is 0 Å². The fraction of sp³-hybridized carbons (Fsp3) is 0.357. The van der Waals surface area contributed by atoms with E-state index >= 15 is 0 Å². The zero-order valence-electron chi connectivity index (χ0n) is 13.0. The molecule has 0 saturated heterocycles. The van der Waals surface area contributed by atoms with Gasteiger partial charge in [0.1, 0.15) is 12.4 Å². The molecule has 0 amide bonds. The second-order valence-corrected chi connectivity index (χ2v) is 4.84. The number of methoxy groups -OCH3 is 2. The van der Waals surface area contributed by atoms with Gasteiger partial charge < -0.3 is 19.5 Å². The van der Waals surface area contributed by atoms with Gasteiger partial charge in [-0.25, -0.2) is 9.97 Å². The first-order valence-corrected chi connectivity index (χ1v) is 6.61. The Kier molecular flexibility index (Phi) is 4.67. The lowest BCUT2D eigenvalue weighted by molar-refractivity contribution is -0.144.